The summed E-state index contributed by atoms with van der Waals surface area (Å²) < 4.78 is 29.3. The van der Waals surface area contributed by atoms with Gasteiger partial charge in [-0.3, -0.25) is 0 Å². The van der Waals surface area contributed by atoms with Gasteiger partial charge < -0.3 is 10.3 Å². The third kappa shape index (κ3) is 3.58. The molecule has 114 valence electrons. The number of nitrogens with two attached hydrogens (primary N) is 1. The van der Waals surface area contributed by atoms with Gasteiger partial charge in [-0.2, -0.15) is 11.8 Å². The highest BCUT2D eigenvalue weighted by Gasteiger charge is 2.28. The largest absolute Gasteiger partial charge is 0.346 e. The maximum absolute atomic E-state index is 12.3. The zero-order chi connectivity index (χ0) is 15.0. The monoisotopic (exact) mass is 317 g/mol. The van der Waals surface area contributed by atoms with Crippen LogP contribution in [0.2, 0.25) is 0 Å². The average molecular weight is 317 g/mol. The Balaban J connectivity index is 2.17. The van der Waals surface area contributed by atoms with E-state index in [1.807, 2.05) is 24.7 Å². The zero-order valence-electron chi connectivity index (χ0n) is 12.2. The van der Waals surface area contributed by atoms with Gasteiger partial charge in [-0.1, -0.05) is 0 Å². The van der Waals surface area contributed by atoms with Crippen molar-refractivity contribution >= 4 is 21.8 Å². The highest BCUT2D eigenvalue weighted by atomic mass is 32.2. The van der Waals surface area contributed by atoms with Crippen LogP contribution in [0.5, 0.6) is 0 Å². The molecule has 0 spiro atoms. The van der Waals surface area contributed by atoms with E-state index in [1.165, 1.54) is 0 Å². The highest BCUT2D eigenvalue weighted by Crippen LogP contribution is 2.37. The smallest absolute Gasteiger partial charge is 0.242 e. The molecule has 1 saturated carbocycles. The van der Waals surface area contributed by atoms with Crippen LogP contribution in [0.15, 0.2) is 17.2 Å². The van der Waals surface area contributed by atoms with E-state index in [0.29, 0.717) is 24.0 Å². The van der Waals surface area contributed by atoms with E-state index >= 15 is 0 Å². The van der Waals surface area contributed by atoms with Gasteiger partial charge in [0, 0.05) is 35.8 Å². The van der Waals surface area contributed by atoms with Crippen LogP contribution < -0.4 is 10.5 Å². The number of nitrogens with zero attached hydrogens (tertiary/aromatic N) is 1. The number of aromatic nitrogens is 1. The number of hydrogen-bond acceptors (Lipinski definition) is 4. The second kappa shape index (κ2) is 5.71. The molecular weight excluding hydrogens is 294 g/mol. The van der Waals surface area contributed by atoms with E-state index < -0.39 is 10.0 Å². The summed E-state index contributed by atoms with van der Waals surface area (Å²) in [6.45, 7) is 4.80. The first kappa shape index (κ1) is 15.9. The molecule has 5 nitrogen and oxygen atoms in total. The molecule has 0 unspecified atom stereocenters. The van der Waals surface area contributed by atoms with Crippen molar-refractivity contribution in [2.75, 3.05) is 12.8 Å². The lowest BCUT2D eigenvalue weighted by Gasteiger charge is -2.21. The summed E-state index contributed by atoms with van der Waals surface area (Å²) in [6.07, 6.45) is 5.90. The van der Waals surface area contributed by atoms with Gasteiger partial charge in [0.1, 0.15) is 0 Å². The van der Waals surface area contributed by atoms with E-state index in [1.54, 1.807) is 24.0 Å². The summed E-state index contributed by atoms with van der Waals surface area (Å²) in [5, 5.41) is 0. The molecule has 1 fully saturated rings. The van der Waals surface area contributed by atoms with Gasteiger partial charge in [0.25, 0.3) is 0 Å². The second-order valence-electron chi connectivity index (χ2n) is 5.80. The van der Waals surface area contributed by atoms with Crippen LogP contribution in [0, 0.1) is 0 Å². The van der Waals surface area contributed by atoms with Gasteiger partial charge in [0.05, 0.1) is 4.90 Å². The molecule has 2 rings (SSSR count). The number of thioether (sulfide) groups is 1. The van der Waals surface area contributed by atoms with Gasteiger partial charge in [-0.15, -0.1) is 0 Å². The minimum Gasteiger partial charge on any atom is -0.346 e. The Labute approximate surface area is 125 Å². The minimum atomic E-state index is -3.46. The Morgan fingerprint density at radius 3 is 2.65 bits per heavy atom. The molecule has 1 aromatic heterocycles. The molecule has 0 bridgehead atoms. The molecule has 1 aliphatic carbocycles. The van der Waals surface area contributed by atoms with E-state index in [9.17, 15) is 8.42 Å². The van der Waals surface area contributed by atoms with Gasteiger partial charge in [0.2, 0.25) is 10.0 Å². The average Bonchev–Trinajstić information content (AvgIpc) is 3.15. The highest BCUT2D eigenvalue weighted by molar-refractivity contribution is 8.00. The second-order valence-corrected chi connectivity index (χ2v) is 9.08. The Morgan fingerprint density at radius 2 is 2.15 bits per heavy atom. The Kier molecular flexibility index (Phi) is 4.53. The molecule has 1 heterocycles. The molecular formula is C13H23N3O2S2. The van der Waals surface area contributed by atoms with Crippen LogP contribution in [0.25, 0.3) is 0 Å². The van der Waals surface area contributed by atoms with Crippen molar-refractivity contribution in [2.45, 2.75) is 48.9 Å². The quantitative estimate of drug-likeness (QED) is 0.802. The zero-order valence-corrected chi connectivity index (χ0v) is 13.9. The summed E-state index contributed by atoms with van der Waals surface area (Å²) in [5.41, 5.74) is 6.58. The Bertz CT molecular complexity index is 574. The summed E-state index contributed by atoms with van der Waals surface area (Å²) in [4.78, 5) is 0.321. The SMILES string of the molecule is CSC(C)(C)CNS(=O)(=O)c1cc(CN)n(C2CC2)c1. The Morgan fingerprint density at radius 1 is 1.50 bits per heavy atom. The number of rotatable bonds is 7. The van der Waals surface area contributed by atoms with Crippen molar-refractivity contribution in [3.05, 3.63) is 18.0 Å². The molecule has 1 aromatic rings. The lowest BCUT2D eigenvalue weighted by molar-refractivity contribution is 0.570. The van der Waals surface area contributed by atoms with Crippen molar-refractivity contribution in [3.63, 3.8) is 0 Å². The fraction of sp³-hybridized carbons (Fsp3) is 0.692. The molecule has 7 heteroatoms. The summed E-state index contributed by atoms with van der Waals surface area (Å²) in [6, 6.07) is 2.12. The molecule has 0 aliphatic heterocycles. The molecule has 0 atom stereocenters. The van der Waals surface area contributed by atoms with Gasteiger partial charge in [0.15, 0.2) is 0 Å². The van der Waals surface area contributed by atoms with Crippen LogP contribution >= 0.6 is 11.8 Å². The van der Waals surface area contributed by atoms with Crippen molar-refractivity contribution in [3.8, 4) is 0 Å². The molecule has 20 heavy (non-hydrogen) atoms. The maximum Gasteiger partial charge on any atom is 0.242 e. The van der Waals surface area contributed by atoms with Gasteiger partial charge >= 0.3 is 0 Å². The molecule has 0 saturated heterocycles. The minimum absolute atomic E-state index is 0.122. The number of nitrogens with one attached hydrogen (secondary N) is 1. The van der Waals surface area contributed by atoms with Crippen molar-refractivity contribution in [2.24, 2.45) is 5.73 Å². The first-order chi connectivity index (χ1) is 9.29. The lowest BCUT2D eigenvalue weighted by Crippen LogP contribution is -2.35. The molecule has 0 radical (unpaired) electrons. The predicted octanol–water partition coefficient (Wildman–Crippen LogP) is 1.70. The molecule has 1 aliphatic rings. The number of sulfonamides is 1. The first-order valence-electron chi connectivity index (χ1n) is 6.75. The third-order valence-corrected chi connectivity index (χ3v) is 6.22. The van der Waals surface area contributed by atoms with Crippen molar-refractivity contribution in [1.29, 1.82) is 0 Å². The standard InChI is InChI=1S/C13H23N3O2S2/c1-13(2,19-3)9-15-20(17,18)12-6-11(7-14)16(8-12)10-4-5-10/h6,8,10,15H,4-5,7,9,14H2,1-3H3. The van der Waals surface area contributed by atoms with Crippen molar-refractivity contribution in [1.82, 2.24) is 9.29 Å². The van der Waals surface area contributed by atoms with E-state index in [2.05, 4.69) is 4.72 Å². The fourth-order valence-corrected chi connectivity index (χ4v) is 3.49. The van der Waals surface area contributed by atoms with E-state index in [4.69, 9.17) is 5.73 Å². The number of hydrogen-bond donors (Lipinski definition) is 2. The van der Waals surface area contributed by atoms with E-state index in [0.717, 1.165) is 18.5 Å². The maximum atomic E-state index is 12.3. The van der Waals surface area contributed by atoms with Crippen LogP contribution in [0.1, 0.15) is 38.4 Å². The van der Waals surface area contributed by atoms with Crippen LogP contribution in [-0.2, 0) is 16.6 Å². The summed E-state index contributed by atoms with van der Waals surface area (Å²) in [5.74, 6) is 0. The van der Waals surface area contributed by atoms with E-state index in [-0.39, 0.29) is 4.75 Å². The molecule has 0 aromatic carbocycles. The van der Waals surface area contributed by atoms with Gasteiger partial charge in [-0.25, -0.2) is 13.1 Å². The van der Waals surface area contributed by atoms with Crippen LogP contribution in [-0.4, -0.2) is 30.5 Å². The van der Waals surface area contributed by atoms with Crippen LogP contribution in [0.4, 0.5) is 0 Å². The van der Waals surface area contributed by atoms with Crippen LogP contribution in [0.3, 0.4) is 0 Å². The molecule has 3 N–H and O–H groups in total. The Hall–Kier alpha value is -0.500. The van der Waals surface area contributed by atoms with Gasteiger partial charge in [-0.05, 0) is 39.0 Å². The predicted molar refractivity (Wildman–Crippen MR) is 83.4 cm³/mol. The topological polar surface area (TPSA) is 77.1 Å². The third-order valence-electron chi connectivity index (χ3n) is 3.61. The molecule has 0 amide bonds. The first-order valence-corrected chi connectivity index (χ1v) is 9.45. The normalized spacial score (nSPS) is 16.6. The lowest BCUT2D eigenvalue weighted by atomic mass is 10.2. The summed E-state index contributed by atoms with van der Waals surface area (Å²) in [7, 11) is -3.46. The summed E-state index contributed by atoms with van der Waals surface area (Å²) >= 11 is 1.64. The fourth-order valence-electron chi connectivity index (χ4n) is 1.92. The van der Waals surface area contributed by atoms with Crippen molar-refractivity contribution < 1.29 is 8.42 Å².